The zero-order valence-corrected chi connectivity index (χ0v) is 59.3. The molecule has 3 aliphatic heterocycles. The molecule has 0 amide bonds. The second-order valence-electron chi connectivity index (χ2n) is 27.0. The van der Waals surface area contributed by atoms with E-state index in [-0.39, 0.29) is 0 Å². The van der Waals surface area contributed by atoms with Gasteiger partial charge in [0.25, 0.3) is 0 Å². The molecule has 0 saturated heterocycles. The number of aryl methyl sites for hydroxylation is 6. The van der Waals surface area contributed by atoms with E-state index in [1.165, 1.54) is 199 Å². The number of ether oxygens (including phenoxy) is 2. The van der Waals surface area contributed by atoms with Crippen LogP contribution in [-0.4, -0.2) is 64.6 Å². The summed E-state index contributed by atoms with van der Waals surface area (Å²) in [5.41, 5.74) is 15.6. The molecular weight excluding hydrogens is 1170 g/mol. The summed E-state index contributed by atoms with van der Waals surface area (Å²) in [7, 11) is 4.09. The molecule has 4 aromatic carbocycles. The summed E-state index contributed by atoms with van der Waals surface area (Å²) in [4.78, 5) is 42.0. The number of hydrogen-bond acceptors (Lipinski definition) is 10. The normalized spacial score (nSPS) is 14.2. The van der Waals surface area contributed by atoms with Gasteiger partial charge in [0.05, 0.1) is 13.2 Å². The van der Waals surface area contributed by atoms with E-state index in [1.54, 1.807) is 0 Å². The molecular formula is C80H112N8O2S2. The molecule has 0 saturated carbocycles. The van der Waals surface area contributed by atoms with Crippen LogP contribution in [-0.2, 0) is 38.5 Å². The van der Waals surface area contributed by atoms with E-state index < -0.39 is 0 Å². The smallest absolute Gasteiger partial charge is 0.164 e. The Bertz CT molecular complexity index is 3410. The van der Waals surface area contributed by atoms with Gasteiger partial charge in [-0.2, -0.15) is 0 Å². The SMILES string of the molecule is CCCCCCc1cc2c(cc1CCCCCC)-c1nc-2nc2[nH]c(nc3nc(nc4[nH]c(n1)c1cc5c(cc41)OCCCCCCSSCCCCCCO5)-c1cc(CCCCCC)c(CCCCCC)cc1-3)c1cc(CCCCCC)c(CCCCCC)cc21. The number of aromatic amines is 2. The molecule has 3 aliphatic rings. The lowest BCUT2D eigenvalue weighted by atomic mass is 9.92. The molecule has 3 aromatic heterocycles. The Morgan fingerprint density at radius 3 is 0.837 bits per heavy atom. The summed E-state index contributed by atoms with van der Waals surface area (Å²) in [6.07, 6.45) is 44.5. The van der Waals surface area contributed by atoms with Crippen molar-refractivity contribution in [2.45, 2.75) is 286 Å². The Hall–Kier alpha value is -5.46. The van der Waals surface area contributed by atoms with E-state index in [4.69, 9.17) is 39.4 Å². The third-order valence-electron chi connectivity index (χ3n) is 19.5. The number of benzene rings is 4. The third-order valence-corrected chi connectivity index (χ3v) is 22.1. The van der Waals surface area contributed by atoms with Crippen molar-refractivity contribution in [2.75, 3.05) is 24.7 Å². The molecule has 2 N–H and O–H groups in total. The summed E-state index contributed by atoms with van der Waals surface area (Å²) < 4.78 is 13.7. The number of hydrogen-bond donors (Lipinski definition) is 2. The Balaban J connectivity index is 1.27. The maximum atomic E-state index is 6.85. The highest BCUT2D eigenvalue weighted by Gasteiger charge is 2.27. The van der Waals surface area contributed by atoms with Crippen LogP contribution in [0.2, 0.25) is 0 Å². The molecule has 92 heavy (non-hydrogen) atoms. The molecule has 12 heteroatoms. The van der Waals surface area contributed by atoms with Crippen LogP contribution >= 0.6 is 21.6 Å². The van der Waals surface area contributed by atoms with Crippen LogP contribution in [0.5, 0.6) is 11.5 Å². The van der Waals surface area contributed by atoms with Crippen molar-refractivity contribution in [1.82, 2.24) is 39.9 Å². The van der Waals surface area contributed by atoms with Crippen LogP contribution in [0.3, 0.4) is 0 Å². The van der Waals surface area contributed by atoms with E-state index in [2.05, 4.69) is 100 Å². The average molecular weight is 1280 g/mol. The lowest BCUT2D eigenvalue weighted by Crippen LogP contribution is -2.03. The van der Waals surface area contributed by atoms with Crippen molar-refractivity contribution < 1.29 is 9.47 Å². The first kappa shape index (κ1) is 69.4. The highest BCUT2D eigenvalue weighted by molar-refractivity contribution is 8.76. The minimum atomic E-state index is 0.617. The number of nitrogens with one attached hydrogen (secondary N) is 2. The van der Waals surface area contributed by atoms with Gasteiger partial charge in [-0.3, -0.25) is 0 Å². The molecule has 0 fully saturated rings. The van der Waals surface area contributed by atoms with Crippen LogP contribution < -0.4 is 9.47 Å². The van der Waals surface area contributed by atoms with Gasteiger partial charge in [0.15, 0.2) is 34.8 Å². The highest BCUT2D eigenvalue weighted by Crippen LogP contribution is 2.43. The molecule has 7 aromatic rings. The number of unbranched alkanes of at least 4 members (excludes halogenated alkanes) is 18. The van der Waals surface area contributed by atoms with E-state index in [1.807, 2.05) is 21.6 Å². The first-order chi connectivity index (χ1) is 45.4. The van der Waals surface area contributed by atoms with Gasteiger partial charge in [0, 0.05) is 55.3 Å². The maximum Gasteiger partial charge on any atom is 0.164 e. The molecule has 496 valence electrons. The van der Waals surface area contributed by atoms with Crippen LogP contribution in [0.15, 0.2) is 48.5 Å². The fourth-order valence-electron chi connectivity index (χ4n) is 14.0. The Morgan fingerprint density at radius 1 is 0.293 bits per heavy atom. The maximum absolute atomic E-state index is 6.85. The van der Waals surface area contributed by atoms with Crippen molar-refractivity contribution in [3.63, 3.8) is 0 Å². The topological polar surface area (TPSA) is 127 Å². The standard InChI is InChI=1S/C80H112N8O2S2/c1-7-13-19-29-39-57-49-63-64(50-58(57)40-30-20-14-8-2)74-81-73(63)82-75-65-51-59(41-31-21-15-9-3)61(43-33-23-17-11-5)53-67(65)77(84-75)86-79-69-55-71-72(90-46-36-26-28-38-48-92-91-47-37-27-25-35-45-89-71)56-70(69)80(88-79)87-78-68-54-62(44-34-24-18-12-6)60(42-32-22-16-10-4)52-66(68)76(83-74)85-78/h49-56H,7-48H2,1-6H3,(H2,81,82,83,84,85,86,87,88). The zero-order chi connectivity index (χ0) is 63.7. The van der Waals surface area contributed by atoms with Gasteiger partial charge >= 0.3 is 0 Å². The predicted octanol–water partition coefficient (Wildman–Crippen LogP) is 23.9. The highest BCUT2D eigenvalue weighted by atomic mass is 33.1. The number of nitrogens with zero attached hydrogens (tertiary/aromatic N) is 6. The first-order valence-electron chi connectivity index (χ1n) is 37.4. The second-order valence-corrected chi connectivity index (χ2v) is 29.7. The minimum Gasteiger partial charge on any atom is -0.490 e. The fourth-order valence-corrected chi connectivity index (χ4v) is 16.3. The summed E-state index contributed by atoms with van der Waals surface area (Å²) >= 11 is 0. The van der Waals surface area contributed by atoms with Crippen LogP contribution in [0.1, 0.15) is 280 Å². The number of rotatable bonds is 30. The molecule has 10 rings (SSSR count). The molecule has 0 atom stereocenters. The van der Waals surface area contributed by atoms with Gasteiger partial charge in [-0.25, -0.2) is 29.9 Å². The largest absolute Gasteiger partial charge is 0.490 e. The fraction of sp³-hybridized carbons (Fsp3) is 0.600. The molecule has 0 radical (unpaired) electrons. The number of aromatic nitrogens is 8. The van der Waals surface area contributed by atoms with Crippen molar-refractivity contribution in [3.05, 3.63) is 81.9 Å². The monoisotopic (exact) mass is 1280 g/mol. The Kier molecular flexibility index (Phi) is 27.9. The predicted molar refractivity (Wildman–Crippen MR) is 396 cm³/mol. The van der Waals surface area contributed by atoms with E-state index >= 15 is 0 Å². The number of H-pyrrole nitrogens is 2. The molecule has 8 bridgehead atoms. The van der Waals surface area contributed by atoms with Crippen LogP contribution in [0.25, 0.3) is 89.7 Å². The summed E-state index contributed by atoms with van der Waals surface area (Å²) in [6, 6.07) is 19.1. The van der Waals surface area contributed by atoms with Gasteiger partial charge in [-0.15, -0.1) is 0 Å². The Morgan fingerprint density at radius 2 is 0.554 bits per heavy atom. The molecule has 0 spiro atoms. The van der Waals surface area contributed by atoms with E-state index in [0.29, 0.717) is 47.8 Å². The van der Waals surface area contributed by atoms with E-state index in [9.17, 15) is 0 Å². The van der Waals surface area contributed by atoms with Crippen molar-refractivity contribution in [1.29, 1.82) is 0 Å². The zero-order valence-electron chi connectivity index (χ0n) is 57.6. The number of fused-ring (bicyclic) bond motifs is 21. The van der Waals surface area contributed by atoms with Gasteiger partial charge in [0.2, 0.25) is 0 Å². The van der Waals surface area contributed by atoms with Crippen molar-refractivity contribution >= 4 is 65.7 Å². The van der Waals surface area contributed by atoms with Gasteiger partial charge < -0.3 is 19.4 Å². The van der Waals surface area contributed by atoms with Crippen LogP contribution in [0.4, 0.5) is 0 Å². The van der Waals surface area contributed by atoms with Gasteiger partial charge in [0.1, 0.15) is 22.6 Å². The quantitative estimate of drug-likeness (QED) is 0.0332. The molecule has 0 aliphatic carbocycles. The minimum absolute atomic E-state index is 0.617. The van der Waals surface area contributed by atoms with Crippen molar-refractivity contribution in [2.24, 2.45) is 0 Å². The summed E-state index contributed by atoms with van der Waals surface area (Å²) in [5, 5.41) is 4.00. The second kappa shape index (κ2) is 37.0. The lowest BCUT2D eigenvalue weighted by Gasteiger charge is -2.14. The lowest BCUT2D eigenvalue weighted by molar-refractivity contribution is 0.259. The van der Waals surface area contributed by atoms with Gasteiger partial charge in [-0.05, 0) is 185 Å². The average Bonchev–Trinajstić information content (AvgIpc) is 1.64. The summed E-state index contributed by atoms with van der Waals surface area (Å²) in [5.74, 6) is 6.61. The van der Waals surface area contributed by atoms with Crippen molar-refractivity contribution in [3.8, 4) is 57.1 Å². The third kappa shape index (κ3) is 18.7. The molecule has 0 unspecified atom stereocenters. The first-order valence-corrected chi connectivity index (χ1v) is 39.9. The van der Waals surface area contributed by atoms with Crippen LogP contribution in [0, 0.1) is 0 Å². The Labute approximate surface area is 560 Å². The van der Waals surface area contributed by atoms with Gasteiger partial charge in [-0.1, -0.05) is 204 Å². The summed E-state index contributed by atoms with van der Waals surface area (Å²) in [6.45, 7) is 15.1. The van der Waals surface area contributed by atoms with E-state index in [0.717, 1.165) is 156 Å². The molecule has 10 nitrogen and oxygen atoms in total. The molecule has 6 heterocycles.